The lowest BCUT2D eigenvalue weighted by Gasteiger charge is -2.26. The van der Waals surface area contributed by atoms with Crippen LogP contribution in [-0.4, -0.2) is 58.4 Å². The number of carbonyl (C=O) groups excluding carboxylic acids is 2. The molecule has 26 heavy (non-hydrogen) atoms. The fraction of sp³-hybridized carbons (Fsp3) is 0.625. The normalized spacial score (nSPS) is 18.2. The molecule has 2 saturated heterocycles. The highest BCUT2D eigenvalue weighted by Crippen LogP contribution is 2.25. The number of rotatable bonds is 5. The van der Waals surface area contributed by atoms with Gasteiger partial charge in [0.2, 0.25) is 23.0 Å². The van der Waals surface area contributed by atoms with Crippen molar-refractivity contribution in [3.05, 3.63) is 11.4 Å². The molecule has 10 nitrogen and oxygen atoms in total. The third-order valence-corrected chi connectivity index (χ3v) is 4.89. The Kier molecular flexibility index (Phi) is 4.63. The topological polar surface area (TPSA) is 118 Å². The monoisotopic (exact) mass is 360 g/mol. The van der Waals surface area contributed by atoms with Crippen molar-refractivity contribution in [2.24, 2.45) is 0 Å². The molecule has 138 valence electrons. The molecule has 10 heteroatoms. The first kappa shape index (κ1) is 16.7. The molecule has 2 aliphatic rings. The Morgan fingerprint density at radius 2 is 1.00 bits per heavy atom. The Balaban J connectivity index is 1.57. The highest BCUT2D eigenvalue weighted by atomic mass is 16.6. The highest BCUT2D eigenvalue weighted by Gasteiger charge is 2.34. The zero-order valence-corrected chi connectivity index (χ0v) is 14.4. The van der Waals surface area contributed by atoms with Crippen molar-refractivity contribution < 1.29 is 18.8 Å². The number of hydrogen-bond acceptors (Lipinski definition) is 10. The molecule has 0 N–H and O–H groups in total. The molecular formula is C16H20N6O4. The van der Waals surface area contributed by atoms with Gasteiger partial charge in [0, 0.05) is 26.2 Å². The average molecular weight is 360 g/mol. The zero-order valence-electron chi connectivity index (χ0n) is 14.4. The van der Waals surface area contributed by atoms with Crippen molar-refractivity contribution in [1.29, 1.82) is 0 Å². The van der Waals surface area contributed by atoms with Crippen molar-refractivity contribution in [2.75, 3.05) is 36.0 Å². The third-order valence-electron chi connectivity index (χ3n) is 4.89. The summed E-state index contributed by atoms with van der Waals surface area (Å²) in [6.45, 7) is 3.03. The largest absolute Gasteiger partial charge is 0.352 e. The Morgan fingerprint density at radius 3 is 1.38 bits per heavy atom. The number of aromatic nitrogens is 4. The van der Waals surface area contributed by atoms with E-state index in [0.717, 1.165) is 64.7 Å². The highest BCUT2D eigenvalue weighted by molar-refractivity contribution is 6.49. The van der Waals surface area contributed by atoms with E-state index in [1.165, 1.54) is 0 Å². The first-order chi connectivity index (χ1) is 12.8. The Hall–Kier alpha value is -2.78. The predicted molar refractivity (Wildman–Crippen MR) is 89.4 cm³/mol. The summed E-state index contributed by atoms with van der Waals surface area (Å²) < 4.78 is 9.50. The molecule has 2 aromatic heterocycles. The summed E-state index contributed by atoms with van der Waals surface area (Å²) in [5.41, 5.74) is -0.158. The van der Waals surface area contributed by atoms with Gasteiger partial charge in [-0.3, -0.25) is 9.59 Å². The lowest BCUT2D eigenvalue weighted by Crippen LogP contribution is -2.33. The van der Waals surface area contributed by atoms with Crippen LogP contribution in [0.3, 0.4) is 0 Å². The summed E-state index contributed by atoms with van der Waals surface area (Å²) in [6, 6.07) is 0. The van der Waals surface area contributed by atoms with Gasteiger partial charge >= 0.3 is 0 Å². The van der Waals surface area contributed by atoms with Gasteiger partial charge in [-0.2, -0.15) is 0 Å². The van der Waals surface area contributed by atoms with Crippen LogP contribution in [0.25, 0.3) is 0 Å². The molecule has 4 rings (SSSR count). The molecule has 2 aliphatic heterocycles. The molecule has 0 amide bonds. The number of hydrogen-bond donors (Lipinski definition) is 0. The van der Waals surface area contributed by atoms with Gasteiger partial charge < -0.3 is 9.80 Å². The molecular weight excluding hydrogens is 340 g/mol. The first-order valence-electron chi connectivity index (χ1n) is 9.00. The number of carbonyl (C=O) groups is 2. The maximum absolute atomic E-state index is 12.7. The molecule has 0 spiro atoms. The minimum Gasteiger partial charge on any atom is -0.352 e. The molecule has 0 aliphatic carbocycles. The van der Waals surface area contributed by atoms with Crippen molar-refractivity contribution in [3.8, 4) is 0 Å². The van der Waals surface area contributed by atoms with E-state index in [0.29, 0.717) is 11.6 Å². The van der Waals surface area contributed by atoms with E-state index in [9.17, 15) is 9.59 Å². The number of ketones is 2. The van der Waals surface area contributed by atoms with Crippen LogP contribution >= 0.6 is 0 Å². The summed E-state index contributed by atoms with van der Waals surface area (Å²) in [5.74, 6) is -0.973. The van der Waals surface area contributed by atoms with Crippen LogP contribution in [0.15, 0.2) is 9.26 Å². The Morgan fingerprint density at radius 1 is 0.615 bits per heavy atom. The van der Waals surface area contributed by atoms with Gasteiger partial charge in [0.1, 0.15) is 0 Å². The molecule has 2 fully saturated rings. The summed E-state index contributed by atoms with van der Waals surface area (Å²) >= 11 is 0. The smallest absolute Gasteiger partial charge is 0.261 e. The van der Waals surface area contributed by atoms with Gasteiger partial charge in [0.15, 0.2) is 0 Å². The second kappa shape index (κ2) is 7.22. The molecule has 0 aromatic carbocycles. The minimum atomic E-state index is -0.805. The van der Waals surface area contributed by atoms with Crippen LogP contribution in [0.5, 0.6) is 0 Å². The predicted octanol–water partition coefficient (Wildman–Crippen LogP) is 1.50. The fourth-order valence-electron chi connectivity index (χ4n) is 3.50. The van der Waals surface area contributed by atoms with Crippen molar-refractivity contribution in [2.45, 2.75) is 38.5 Å². The maximum atomic E-state index is 12.7. The molecule has 0 unspecified atom stereocenters. The minimum absolute atomic E-state index is 0.0792. The van der Waals surface area contributed by atoms with Crippen LogP contribution in [0.4, 0.5) is 11.6 Å². The van der Waals surface area contributed by atoms with Gasteiger partial charge in [0.25, 0.3) is 11.6 Å². The third kappa shape index (κ3) is 3.06. The SMILES string of the molecule is O=C(C(=O)c1nonc1N1CCCCC1)c1nonc1N1CCCCC1. The van der Waals surface area contributed by atoms with Crippen LogP contribution < -0.4 is 9.80 Å². The average Bonchev–Trinajstić information content (AvgIpc) is 3.38. The van der Waals surface area contributed by atoms with Crippen LogP contribution in [0, 0.1) is 0 Å². The lowest BCUT2D eigenvalue weighted by atomic mass is 10.1. The number of nitrogens with zero attached hydrogens (tertiary/aromatic N) is 6. The summed E-state index contributed by atoms with van der Waals surface area (Å²) in [4.78, 5) is 29.3. The number of piperidine rings is 2. The van der Waals surface area contributed by atoms with Crippen LogP contribution in [-0.2, 0) is 0 Å². The number of anilines is 2. The number of Topliss-reactive ketones (excluding diaryl/α,β-unsaturated/α-hetero) is 2. The van der Waals surface area contributed by atoms with Crippen molar-refractivity contribution in [3.63, 3.8) is 0 Å². The zero-order chi connectivity index (χ0) is 17.9. The fourth-order valence-corrected chi connectivity index (χ4v) is 3.50. The molecule has 0 bridgehead atoms. The van der Waals surface area contributed by atoms with Crippen molar-refractivity contribution in [1.82, 2.24) is 20.6 Å². The van der Waals surface area contributed by atoms with E-state index < -0.39 is 11.6 Å². The first-order valence-corrected chi connectivity index (χ1v) is 9.00. The van der Waals surface area contributed by atoms with Crippen LogP contribution in [0.1, 0.15) is 59.5 Å². The molecule has 0 saturated carbocycles. The van der Waals surface area contributed by atoms with E-state index in [1.54, 1.807) is 0 Å². The molecule has 0 atom stereocenters. The Labute approximate surface area is 149 Å². The maximum Gasteiger partial charge on any atom is 0.261 e. The van der Waals surface area contributed by atoms with E-state index in [4.69, 9.17) is 9.26 Å². The lowest BCUT2D eigenvalue weighted by molar-refractivity contribution is 0.0805. The van der Waals surface area contributed by atoms with Crippen LogP contribution in [0.2, 0.25) is 0 Å². The van der Waals surface area contributed by atoms with Gasteiger partial charge in [-0.05, 0) is 59.2 Å². The molecule has 0 radical (unpaired) electrons. The second-order valence-corrected chi connectivity index (χ2v) is 6.63. The van der Waals surface area contributed by atoms with E-state index in [2.05, 4.69) is 20.6 Å². The van der Waals surface area contributed by atoms with E-state index in [-0.39, 0.29) is 11.4 Å². The second-order valence-electron chi connectivity index (χ2n) is 6.63. The molecule has 4 heterocycles. The standard InChI is InChI=1S/C16H20N6O4/c23-13(11-15(19-25-17-11)21-7-3-1-4-8-21)14(24)12-16(20-26-18-12)22-9-5-2-6-10-22/h1-10H2. The molecule has 2 aromatic rings. The van der Waals surface area contributed by atoms with Crippen molar-refractivity contribution >= 4 is 23.2 Å². The Bertz CT molecular complexity index is 722. The van der Waals surface area contributed by atoms with Gasteiger partial charge in [-0.25, -0.2) is 9.26 Å². The van der Waals surface area contributed by atoms with E-state index in [1.807, 2.05) is 9.80 Å². The summed E-state index contributed by atoms with van der Waals surface area (Å²) in [6.07, 6.45) is 6.27. The summed E-state index contributed by atoms with van der Waals surface area (Å²) in [7, 11) is 0. The summed E-state index contributed by atoms with van der Waals surface area (Å²) in [5, 5.41) is 15.0. The quantitative estimate of drug-likeness (QED) is 0.573. The van der Waals surface area contributed by atoms with Gasteiger partial charge in [-0.15, -0.1) is 0 Å². The van der Waals surface area contributed by atoms with Gasteiger partial charge in [0.05, 0.1) is 0 Å². The van der Waals surface area contributed by atoms with E-state index >= 15 is 0 Å². The van der Waals surface area contributed by atoms with Gasteiger partial charge in [-0.1, -0.05) is 0 Å².